The summed E-state index contributed by atoms with van der Waals surface area (Å²) in [4.78, 5) is 26.4. The van der Waals surface area contributed by atoms with Crippen molar-refractivity contribution >= 4 is 45.0 Å². The van der Waals surface area contributed by atoms with Gasteiger partial charge < -0.3 is 15.0 Å². The number of hydrogen-bond acceptors (Lipinski definition) is 3. The van der Waals surface area contributed by atoms with Crippen molar-refractivity contribution in [2.45, 2.75) is 38.6 Å². The lowest BCUT2D eigenvalue weighted by molar-refractivity contribution is -0.139. The number of aromatic nitrogens is 1. The van der Waals surface area contributed by atoms with Crippen LogP contribution in [0.5, 0.6) is 0 Å². The lowest BCUT2D eigenvalue weighted by atomic mass is 9.95. The van der Waals surface area contributed by atoms with E-state index in [0.717, 1.165) is 27.3 Å². The van der Waals surface area contributed by atoms with Gasteiger partial charge in [-0.3, -0.25) is 4.79 Å². The maximum Gasteiger partial charge on any atom is 0.326 e. The van der Waals surface area contributed by atoms with E-state index in [1.807, 2.05) is 30.3 Å². The molecule has 0 unspecified atom stereocenters. The van der Waals surface area contributed by atoms with Crippen molar-refractivity contribution in [3.8, 4) is 16.8 Å². The summed E-state index contributed by atoms with van der Waals surface area (Å²) in [7, 11) is 0. The van der Waals surface area contributed by atoms with Crippen LogP contribution in [0.2, 0.25) is 0 Å². The topological polar surface area (TPSA) is 71.3 Å². The number of nitrogens with one attached hydrogen (secondary N) is 1. The Morgan fingerprint density at radius 2 is 1.31 bits per heavy atom. The van der Waals surface area contributed by atoms with Gasteiger partial charge in [-0.2, -0.15) is 0 Å². The Morgan fingerprint density at radius 1 is 0.762 bits per heavy atom. The summed E-state index contributed by atoms with van der Waals surface area (Å²) in [6, 6.07) is 35.9. The molecular weight excluding hydrogens is 540 g/mol. The zero-order valence-electron chi connectivity index (χ0n) is 23.8. The standard InChI is InChI=1S/C36H32N2O3S/c1-36(2,3)33-21-20-32(42-33)34(39)37-29(35(40)41)22-23-12-14-24(15-13-23)25-16-18-26(19-17-25)38-30-10-6-4-8-27(30)28-9-5-7-11-31(28)38/h4-21,29H,22H2,1-3H3,(H,37,39)(H,40,41)/t29-/m0/s1. The van der Waals surface area contributed by atoms with Crippen LogP contribution in [0, 0.1) is 0 Å². The van der Waals surface area contributed by atoms with Crippen LogP contribution in [0.4, 0.5) is 0 Å². The molecule has 6 heteroatoms. The van der Waals surface area contributed by atoms with Crippen molar-refractivity contribution < 1.29 is 14.7 Å². The highest BCUT2D eigenvalue weighted by molar-refractivity contribution is 7.14. The maximum absolute atomic E-state index is 12.8. The average Bonchev–Trinajstić information content (AvgIpc) is 3.62. The maximum atomic E-state index is 12.8. The highest BCUT2D eigenvalue weighted by atomic mass is 32.1. The molecule has 42 heavy (non-hydrogen) atoms. The van der Waals surface area contributed by atoms with Crippen LogP contribution in [-0.2, 0) is 16.6 Å². The van der Waals surface area contributed by atoms with Gasteiger partial charge in [0, 0.05) is 27.8 Å². The van der Waals surface area contributed by atoms with E-state index in [0.29, 0.717) is 4.88 Å². The molecule has 0 aliphatic rings. The second kappa shape index (κ2) is 11.0. The highest BCUT2D eigenvalue weighted by Crippen LogP contribution is 2.33. The van der Waals surface area contributed by atoms with E-state index in [1.54, 1.807) is 6.07 Å². The minimum absolute atomic E-state index is 0.0670. The third-order valence-electron chi connectivity index (χ3n) is 7.61. The number of benzene rings is 4. The number of aliphatic carboxylic acids is 1. The summed E-state index contributed by atoms with van der Waals surface area (Å²) in [6.45, 7) is 6.26. The average molecular weight is 573 g/mol. The molecule has 0 fully saturated rings. The third kappa shape index (κ3) is 5.33. The summed E-state index contributed by atoms with van der Waals surface area (Å²) in [5.41, 5.74) is 6.32. The number of para-hydroxylation sites is 2. The van der Waals surface area contributed by atoms with E-state index < -0.39 is 12.0 Å². The number of carboxylic acid groups (broad SMARTS) is 1. The highest BCUT2D eigenvalue weighted by Gasteiger charge is 2.24. The predicted molar refractivity (Wildman–Crippen MR) is 172 cm³/mol. The van der Waals surface area contributed by atoms with Gasteiger partial charge in [-0.1, -0.05) is 93.6 Å². The Hall–Kier alpha value is -4.68. The molecule has 2 N–H and O–H groups in total. The molecule has 0 saturated heterocycles. The van der Waals surface area contributed by atoms with E-state index in [1.165, 1.54) is 33.1 Å². The summed E-state index contributed by atoms with van der Waals surface area (Å²) in [6.07, 6.45) is 0.200. The number of hydrogen-bond donors (Lipinski definition) is 2. The molecule has 5 nitrogen and oxygen atoms in total. The SMILES string of the molecule is CC(C)(C)c1ccc(C(=O)N[C@@H](Cc2ccc(-c3ccc(-n4c5ccccc5c5ccccc54)cc3)cc2)C(=O)O)s1. The Labute approximate surface area is 249 Å². The van der Waals surface area contributed by atoms with Crippen LogP contribution in [0.25, 0.3) is 38.6 Å². The van der Waals surface area contributed by atoms with E-state index in [-0.39, 0.29) is 17.7 Å². The van der Waals surface area contributed by atoms with Crippen LogP contribution >= 0.6 is 11.3 Å². The molecule has 0 saturated carbocycles. The summed E-state index contributed by atoms with van der Waals surface area (Å²) >= 11 is 1.40. The first-order valence-corrected chi connectivity index (χ1v) is 14.8. The summed E-state index contributed by atoms with van der Waals surface area (Å²) in [5.74, 6) is -1.41. The van der Waals surface area contributed by atoms with Gasteiger partial charge in [0.25, 0.3) is 5.91 Å². The number of fused-ring (bicyclic) bond motifs is 3. The minimum Gasteiger partial charge on any atom is -0.480 e. The second-order valence-electron chi connectivity index (χ2n) is 11.6. The van der Waals surface area contributed by atoms with Crippen molar-refractivity contribution in [3.05, 3.63) is 125 Å². The van der Waals surface area contributed by atoms with Gasteiger partial charge in [0.1, 0.15) is 6.04 Å². The molecule has 0 aliphatic carbocycles. The van der Waals surface area contributed by atoms with Gasteiger partial charge in [-0.05, 0) is 58.5 Å². The first kappa shape index (κ1) is 27.5. The van der Waals surface area contributed by atoms with Crippen molar-refractivity contribution in [3.63, 3.8) is 0 Å². The van der Waals surface area contributed by atoms with Gasteiger partial charge in [-0.25, -0.2) is 4.79 Å². The monoisotopic (exact) mass is 572 g/mol. The van der Waals surface area contributed by atoms with Gasteiger partial charge in [-0.15, -0.1) is 11.3 Å². The molecule has 6 rings (SSSR count). The predicted octanol–water partition coefficient (Wildman–Crippen LogP) is 8.24. The van der Waals surface area contributed by atoms with Gasteiger partial charge >= 0.3 is 5.97 Å². The third-order valence-corrected chi connectivity index (χ3v) is 9.11. The van der Waals surface area contributed by atoms with Crippen molar-refractivity contribution in [1.29, 1.82) is 0 Å². The van der Waals surface area contributed by atoms with Gasteiger partial charge in [0.05, 0.1) is 15.9 Å². The molecule has 6 aromatic rings. The van der Waals surface area contributed by atoms with E-state index in [4.69, 9.17) is 0 Å². The fourth-order valence-corrected chi connectivity index (χ4v) is 6.33. The van der Waals surface area contributed by atoms with Crippen molar-refractivity contribution in [2.24, 2.45) is 0 Å². The number of carbonyl (C=O) groups is 2. The van der Waals surface area contributed by atoms with Crippen molar-refractivity contribution in [2.75, 3.05) is 0 Å². The first-order valence-electron chi connectivity index (χ1n) is 14.0. The van der Waals surface area contributed by atoms with Gasteiger partial charge in [0.15, 0.2) is 0 Å². The number of rotatable bonds is 7. The molecule has 210 valence electrons. The lowest BCUT2D eigenvalue weighted by Gasteiger charge is -2.16. The Kier molecular flexibility index (Phi) is 7.17. The molecule has 0 bridgehead atoms. The Bertz CT molecular complexity index is 1850. The van der Waals surface area contributed by atoms with Crippen LogP contribution in [0.3, 0.4) is 0 Å². The normalized spacial score (nSPS) is 12.5. The lowest BCUT2D eigenvalue weighted by Crippen LogP contribution is -2.42. The number of nitrogens with zero attached hydrogens (tertiary/aromatic N) is 1. The zero-order valence-corrected chi connectivity index (χ0v) is 24.6. The minimum atomic E-state index is -1.05. The van der Waals surface area contributed by atoms with Crippen molar-refractivity contribution in [1.82, 2.24) is 9.88 Å². The van der Waals surface area contributed by atoms with Gasteiger partial charge in [0.2, 0.25) is 0 Å². The molecule has 2 heterocycles. The molecule has 0 spiro atoms. The van der Waals surface area contributed by atoms with E-state index >= 15 is 0 Å². The fraction of sp³-hybridized carbons (Fsp3) is 0.167. The van der Waals surface area contributed by atoms with Crippen LogP contribution < -0.4 is 5.32 Å². The number of thiophene rings is 1. The smallest absolute Gasteiger partial charge is 0.326 e. The fourth-order valence-electron chi connectivity index (χ4n) is 5.37. The quantitative estimate of drug-likeness (QED) is 0.202. The largest absolute Gasteiger partial charge is 0.480 e. The number of carbonyl (C=O) groups excluding carboxylic acids is 1. The molecule has 4 aromatic carbocycles. The molecule has 2 aromatic heterocycles. The number of carboxylic acids is 1. The van der Waals surface area contributed by atoms with E-state index in [2.05, 4.69) is 103 Å². The molecule has 0 radical (unpaired) electrons. The Balaban J connectivity index is 1.19. The van der Waals surface area contributed by atoms with Crippen LogP contribution in [0.1, 0.15) is 40.9 Å². The molecule has 0 aliphatic heterocycles. The summed E-state index contributed by atoms with van der Waals surface area (Å²) < 4.78 is 2.29. The zero-order chi connectivity index (χ0) is 29.4. The summed E-state index contributed by atoms with van der Waals surface area (Å²) in [5, 5.41) is 15.0. The molecule has 1 atom stereocenters. The van der Waals surface area contributed by atoms with Crippen LogP contribution in [-0.4, -0.2) is 27.6 Å². The molecule has 1 amide bonds. The number of amides is 1. The molecular formula is C36H32N2O3S. The first-order chi connectivity index (χ1) is 20.2. The second-order valence-corrected chi connectivity index (χ2v) is 12.7. The van der Waals surface area contributed by atoms with Crippen LogP contribution in [0.15, 0.2) is 109 Å². The van der Waals surface area contributed by atoms with E-state index in [9.17, 15) is 14.7 Å². The Morgan fingerprint density at radius 3 is 1.83 bits per heavy atom.